The number of benzene rings is 2. The van der Waals surface area contributed by atoms with Crippen LogP contribution in [0.3, 0.4) is 0 Å². The molecule has 2 aromatic rings. The van der Waals surface area contributed by atoms with E-state index in [4.69, 9.17) is 4.74 Å². The number of nitrogens with zero attached hydrogens (tertiary/aromatic N) is 1. The van der Waals surface area contributed by atoms with E-state index in [2.05, 4.69) is 25.7 Å². The van der Waals surface area contributed by atoms with E-state index in [1.165, 1.54) is 7.11 Å². The molecule has 0 radical (unpaired) electrons. The zero-order chi connectivity index (χ0) is 21.3. The molecule has 2 aromatic carbocycles. The minimum atomic E-state index is -0.490. The van der Waals surface area contributed by atoms with E-state index in [0.717, 1.165) is 16.9 Å². The molecule has 0 saturated carbocycles. The zero-order valence-corrected chi connectivity index (χ0v) is 20.4. The summed E-state index contributed by atoms with van der Waals surface area (Å²) in [4.78, 5) is 15.5. The van der Waals surface area contributed by atoms with Gasteiger partial charge < -0.3 is 20.1 Å². The summed E-state index contributed by atoms with van der Waals surface area (Å²) in [6.07, 6.45) is -0.490. The van der Waals surface area contributed by atoms with Crippen LogP contribution in [-0.4, -0.2) is 31.8 Å². The number of hydrogen-bond acceptors (Lipinski definition) is 4. The van der Waals surface area contributed by atoms with Gasteiger partial charge in [-0.15, -0.1) is 24.0 Å². The largest absolute Gasteiger partial charge is 0.488 e. The number of para-hydroxylation sites is 1. The van der Waals surface area contributed by atoms with Gasteiger partial charge in [-0.25, -0.2) is 4.79 Å². The normalized spacial score (nSPS) is 11.2. The number of carbonyl (C=O) groups is 1. The van der Waals surface area contributed by atoms with Crippen molar-refractivity contribution in [1.29, 1.82) is 0 Å². The molecule has 0 fully saturated rings. The summed E-state index contributed by atoms with van der Waals surface area (Å²) in [5.41, 5.74) is 2.53. The van der Waals surface area contributed by atoms with Crippen LogP contribution in [0.15, 0.2) is 53.5 Å². The number of nitrogens with one attached hydrogen (secondary N) is 3. The smallest absolute Gasteiger partial charge is 0.411 e. The molecule has 164 valence electrons. The van der Waals surface area contributed by atoms with E-state index >= 15 is 0 Å². The molecule has 30 heavy (non-hydrogen) atoms. The van der Waals surface area contributed by atoms with Crippen molar-refractivity contribution in [2.75, 3.05) is 19.5 Å². The number of hydrogen-bond donors (Lipinski definition) is 3. The number of guanidine groups is 1. The monoisotopic (exact) mass is 526 g/mol. The summed E-state index contributed by atoms with van der Waals surface area (Å²) in [6.45, 7) is 7.28. The maximum Gasteiger partial charge on any atom is 0.411 e. The maximum atomic E-state index is 11.2. The quantitative estimate of drug-likeness (QED) is 0.293. The van der Waals surface area contributed by atoms with Crippen molar-refractivity contribution >= 4 is 41.7 Å². The molecular weight excluding hydrogens is 495 g/mol. The molecule has 0 atom stereocenters. The summed E-state index contributed by atoms with van der Waals surface area (Å²) < 4.78 is 10.6. The highest BCUT2D eigenvalue weighted by atomic mass is 127. The fraction of sp³-hybridized carbons (Fsp3) is 0.364. The van der Waals surface area contributed by atoms with Crippen LogP contribution in [0, 0.1) is 0 Å². The lowest BCUT2D eigenvalue weighted by Crippen LogP contribution is -2.36. The molecular formula is C22H31IN4O3. The summed E-state index contributed by atoms with van der Waals surface area (Å²) in [5, 5.41) is 9.22. The number of carbonyl (C=O) groups excluding carboxylic acids is 1. The van der Waals surface area contributed by atoms with Crippen molar-refractivity contribution in [2.24, 2.45) is 4.99 Å². The van der Waals surface area contributed by atoms with Gasteiger partial charge in [0.2, 0.25) is 0 Å². The van der Waals surface area contributed by atoms with E-state index in [1.807, 2.05) is 69.3 Å². The Kier molecular flexibility index (Phi) is 10.4. The minimum Gasteiger partial charge on any atom is -0.488 e. The Bertz CT molecular complexity index is 833. The molecule has 0 saturated heterocycles. The predicted octanol–water partition coefficient (Wildman–Crippen LogP) is 4.53. The average molecular weight is 526 g/mol. The van der Waals surface area contributed by atoms with Gasteiger partial charge >= 0.3 is 6.09 Å². The van der Waals surface area contributed by atoms with Crippen LogP contribution in [-0.2, 0) is 17.8 Å². The highest BCUT2D eigenvalue weighted by molar-refractivity contribution is 14.0. The maximum absolute atomic E-state index is 11.2. The van der Waals surface area contributed by atoms with Crippen LogP contribution in [0.4, 0.5) is 10.5 Å². The molecule has 0 unspecified atom stereocenters. The molecule has 0 aliphatic heterocycles. The highest BCUT2D eigenvalue weighted by Crippen LogP contribution is 2.22. The van der Waals surface area contributed by atoms with Crippen molar-refractivity contribution in [3.8, 4) is 5.75 Å². The van der Waals surface area contributed by atoms with Crippen molar-refractivity contribution in [3.05, 3.63) is 59.7 Å². The Morgan fingerprint density at radius 1 is 1.00 bits per heavy atom. The first-order chi connectivity index (χ1) is 13.8. The summed E-state index contributed by atoms with van der Waals surface area (Å²) in [7, 11) is 3.07. The van der Waals surface area contributed by atoms with Gasteiger partial charge in [0.05, 0.1) is 7.11 Å². The predicted molar refractivity (Wildman–Crippen MR) is 132 cm³/mol. The fourth-order valence-electron chi connectivity index (χ4n) is 2.54. The van der Waals surface area contributed by atoms with Crippen molar-refractivity contribution in [1.82, 2.24) is 10.6 Å². The number of anilines is 1. The van der Waals surface area contributed by atoms with Gasteiger partial charge in [0.15, 0.2) is 5.96 Å². The van der Waals surface area contributed by atoms with Crippen molar-refractivity contribution in [2.45, 2.75) is 39.5 Å². The zero-order valence-electron chi connectivity index (χ0n) is 18.1. The van der Waals surface area contributed by atoms with Crippen LogP contribution in [0.25, 0.3) is 0 Å². The number of aliphatic imine (C=N–C) groups is 1. The first-order valence-corrected chi connectivity index (χ1v) is 9.46. The second-order valence-corrected chi connectivity index (χ2v) is 7.41. The van der Waals surface area contributed by atoms with Crippen LogP contribution in [0.2, 0.25) is 0 Å². The van der Waals surface area contributed by atoms with Crippen LogP contribution in [0.1, 0.15) is 31.9 Å². The summed E-state index contributed by atoms with van der Waals surface area (Å²) in [6, 6.07) is 15.5. The average Bonchev–Trinajstić information content (AvgIpc) is 2.69. The fourth-order valence-corrected chi connectivity index (χ4v) is 2.54. The van der Waals surface area contributed by atoms with E-state index in [0.29, 0.717) is 24.7 Å². The third-order valence-electron chi connectivity index (χ3n) is 3.90. The van der Waals surface area contributed by atoms with Crippen molar-refractivity contribution in [3.63, 3.8) is 0 Å². The summed E-state index contributed by atoms with van der Waals surface area (Å²) in [5.74, 6) is 1.55. The standard InChI is InChI=1S/C22H30N4O3.HI/c1-22(2,3)29-19-9-7-6-8-17(19)15-25-20(23-4)24-14-16-10-12-18(13-11-16)26-21(27)28-5;/h6-13H,14-15H2,1-5H3,(H,26,27)(H2,23,24,25);1H. The molecule has 3 N–H and O–H groups in total. The molecule has 1 amide bonds. The number of halogens is 1. The number of amides is 1. The highest BCUT2D eigenvalue weighted by Gasteiger charge is 2.14. The first kappa shape index (κ1) is 25.5. The third kappa shape index (κ3) is 8.89. The van der Waals surface area contributed by atoms with Crippen molar-refractivity contribution < 1.29 is 14.3 Å². The topological polar surface area (TPSA) is 84.0 Å². The molecule has 0 heterocycles. The lowest BCUT2D eigenvalue weighted by atomic mass is 10.1. The van der Waals surface area contributed by atoms with Gasteiger partial charge in [-0.2, -0.15) is 0 Å². The molecule has 0 aliphatic carbocycles. The minimum absolute atomic E-state index is 0. The van der Waals surface area contributed by atoms with Gasteiger partial charge in [-0.1, -0.05) is 30.3 Å². The van der Waals surface area contributed by atoms with E-state index in [-0.39, 0.29) is 29.6 Å². The molecule has 7 nitrogen and oxygen atoms in total. The number of rotatable bonds is 6. The summed E-state index contributed by atoms with van der Waals surface area (Å²) >= 11 is 0. The third-order valence-corrected chi connectivity index (χ3v) is 3.90. The van der Waals surface area contributed by atoms with Gasteiger partial charge in [0.25, 0.3) is 0 Å². The Morgan fingerprint density at radius 2 is 1.63 bits per heavy atom. The SMILES string of the molecule is CN=C(NCc1ccc(NC(=O)OC)cc1)NCc1ccccc1OC(C)(C)C.I. The lowest BCUT2D eigenvalue weighted by molar-refractivity contribution is 0.129. The molecule has 2 rings (SSSR count). The molecule has 0 aromatic heterocycles. The van der Waals surface area contributed by atoms with Crippen LogP contribution < -0.4 is 20.7 Å². The Morgan fingerprint density at radius 3 is 2.23 bits per heavy atom. The Labute approximate surface area is 195 Å². The van der Waals surface area contributed by atoms with Gasteiger partial charge in [0.1, 0.15) is 11.4 Å². The first-order valence-electron chi connectivity index (χ1n) is 9.46. The van der Waals surface area contributed by atoms with Gasteiger partial charge in [0, 0.05) is 31.4 Å². The molecule has 0 aliphatic rings. The molecule has 0 bridgehead atoms. The van der Waals surface area contributed by atoms with E-state index in [9.17, 15) is 4.79 Å². The van der Waals surface area contributed by atoms with Crippen LogP contribution >= 0.6 is 24.0 Å². The van der Waals surface area contributed by atoms with E-state index < -0.39 is 6.09 Å². The number of methoxy groups -OCH3 is 1. The Balaban J connectivity index is 0.00000450. The second-order valence-electron chi connectivity index (χ2n) is 7.41. The molecule has 0 spiro atoms. The second kappa shape index (κ2) is 12.3. The van der Waals surface area contributed by atoms with Gasteiger partial charge in [-0.3, -0.25) is 10.3 Å². The van der Waals surface area contributed by atoms with Crippen LogP contribution in [0.5, 0.6) is 5.75 Å². The van der Waals surface area contributed by atoms with E-state index in [1.54, 1.807) is 7.05 Å². The molecule has 8 heteroatoms. The Hall–Kier alpha value is -2.49. The van der Waals surface area contributed by atoms with Gasteiger partial charge in [-0.05, 0) is 44.5 Å². The lowest BCUT2D eigenvalue weighted by Gasteiger charge is -2.23. The number of ether oxygens (including phenoxy) is 2.